The van der Waals surface area contributed by atoms with Gasteiger partial charge in [-0.25, -0.2) is 0 Å². The normalized spacial score (nSPS) is 31.1. The lowest BCUT2D eigenvalue weighted by molar-refractivity contribution is 0.0336. The highest BCUT2D eigenvalue weighted by Gasteiger charge is 2.26. The SMILES string of the molecule is CC(C1CCCN1)N1CCNCC1.CC(N1CCCCC1)N1CCNCC1. The van der Waals surface area contributed by atoms with Crippen LogP contribution in [0.2, 0.25) is 0 Å². The van der Waals surface area contributed by atoms with Crippen LogP contribution in [0, 0.1) is 0 Å². The van der Waals surface area contributed by atoms with Gasteiger partial charge < -0.3 is 16.0 Å². The second-order valence-electron chi connectivity index (χ2n) is 8.74. The first-order valence-corrected chi connectivity index (χ1v) is 11.6. The maximum Gasteiger partial charge on any atom is 0.0594 e. The van der Waals surface area contributed by atoms with Crippen LogP contribution in [0.25, 0.3) is 0 Å². The molecule has 27 heavy (non-hydrogen) atoms. The Kier molecular flexibility index (Phi) is 9.29. The van der Waals surface area contributed by atoms with E-state index < -0.39 is 0 Å². The van der Waals surface area contributed by atoms with E-state index >= 15 is 0 Å². The summed E-state index contributed by atoms with van der Waals surface area (Å²) in [6.45, 7) is 18.1. The molecule has 0 bridgehead atoms. The molecule has 4 fully saturated rings. The highest BCUT2D eigenvalue weighted by molar-refractivity contribution is 4.87. The topological polar surface area (TPSA) is 45.8 Å². The van der Waals surface area contributed by atoms with Gasteiger partial charge in [-0.05, 0) is 59.2 Å². The molecule has 0 aliphatic carbocycles. The molecule has 0 aromatic carbocycles. The number of piperidine rings is 1. The number of rotatable bonds is 4. The molecule has 6 nitrogen and oxygen atoms in total. The summed E-state index contributed by atoms with van der Waals surface area (Å²) in [6, 6.07) is 1.47. The van der Waals surface area contributed by atoms with Crippen molar-refractivity contribution >= 4 is 0 Å². The lowest BCUT2D eigenvalue weighted by atomic mass is 10.1. The quantitative estimate of drug-likeness (QED) is 0.669. The van der Waals surface area contributed by atoms with Crippen LogP contribution in [-0.4, -0.2) is 105 Å². The Hall–Kier alpha value is -0.240. The maximum absolute atomic E-state index is 3.59. The third-order valence-corrected chi connectivity index (χ3v) is 7.01. The van der Waals surface area contributed by atoms with Gasteiger partial charge in [0.25, 0.3) is 0 Å². The van der Waals surface area contributed by atoms with Crippen LogP contribution in [0.3, 0.4) is 0 Å². The lowest BCUT2D eigenvalue weighted by Crippen LogP contribution is -2.54. The molecule has 0 saturated carbocycles. The summed E-state index contributed by atoms with van der Waals surface area (Å²) < 4.78 is 0. The molecule has 0 spiro atoms. The second kappa shape index (κ2) is 11.7. The zero-order valence-electron chi connectivity index (χ0n) is 17.9. The highest BCUT2D eigenvalue weighted by atomic mass is 15.4. The molecule has 4 aliphatic rings. The van der Waals surface area contributed by atoms with Crippen molar-refractivity contribution in [3.05, 3.63) is 0 Å². The molecule has 0 amide bonds. The van der Waals surface area contributed by atoms with E-state index in [0.717, 1.165) is 38.3 Å². The molecule has 158 valence electrons. The third-order valence-electron chi connectivity index (χ3n) is 7.01. The van der Waals surface area contributed by atoms with E-state index in [1.54, 1.807) is 0 Å². The summed E-state index contributed by atoms with van der Waals surface area (Å²) in [5.41, 5.74) is 0. The minimum atomic E-state index is 0.664. The fourth-order valence-corrected chi connectivity index (χ4v) is 5.05. The summed E-state index contributed by atoms with van der Waals surface area (Å²) >= 11 is 0. The van der Waals surface area contributed by atoms with Crippen LogP contribution in [0.5, 0.6) is 0 Å². The van der Waals surface area contributed by atoms with E-state index in [1.807, 2.05) is 0 Å². The Morgan fingerprint density at radius 2 is 1.19 bits per heavy atom. The molecule has 4 aliphatic heterocycles. The van der Waals surface area contributed by atoms with Crippen molar-refractivity contribution < 1.29 is 0 Å². The molecule has 4 heterocycles. The molecule has 3 N–H and O–H groups in total. The lowest BCUT2D eigenvalue weighted by Gasteiger charge is -2.41. The van der Waals surface area contributed by atoms with Crippen molar-refractivity contribution in [2.75, 3.05) is 72.0 Å². The van der Waals surface area contributed by atoms with Gasteiger partial charge in [-0.3, -0.25) is 14.7 Å². The van der Waals surface area contributed by atoms with Crippen molar-refractivity contribution in [1.82, 2.24) is 30.7 Å². The van der Waals surface area contributed by atoms with Crippen LogP contribution in [0.15, 0.2) is 0 Å². The molecule has 0 radical (unpaired) electrons. The molecule has 3 unspecified atom stereocenters. The zero-order valence-corrected chi connectivity index (χ0v) is 17.9. The predicted molar refractivity (Wildman–Crippen MR) is 114 cm³/mol. The summed E-state index contributed by atoms with van der Waals surface area (Å²) in [5.74, 6) is 0. The molecule has 4 saturated heterocycles. The van der Waals surface area contributed by atoms with Crippen molar-refractivity contribution in [3.63, 3.8) is 0 Å². The van der Waals surface area contributed by atoms with Gasteiger partial charge >= 0.3 is 0 Å². The fourth-order valence-electron chi connectivity index (χ4n) is 5.05. The van der Waals surface area contributed by atoms with Crippen molar-refractivity contribution in [2.45, 2.75) is 64.2 Å². The summed E-state index contributed by atoms with van der Waals surface area (Å²) in [6.07, 6.45) is 7.63. The molecular weight excluding hydrogens is 336 g/mol. The fraction of sp³-hybridized carbons (Fsp3) is 1.00. The monoisotopic (exact) mass is 380 g/mol. The molecule has 6 heteroatoms. The minimum Gasteiger partial charge on any atom is -0.314 e. The largest absolute Gasteiger partial charge is 0.314 e. The van der Waals surface area contributed by atoms with E-state index in [0.29, 0.717) is 6.17 Å². The minimum absolute atomic E-state index is 0.664. The van der Waals surface area contributed by atoms with E-state index in [4.69, 9.17) is 0 Å². The number of nitrogens with one attached hydrogen (secondary N) is 3. The first kappa shape index (κ1) is 21.5. The second-order valence-corrected chi connectivity index (χ2v) is 8.74. The summed E-state index contributed by atoms with van der Waals surface area (Å²) in [7, 11) is 0. The van der Waals surface area contributed by atoms with Gasteiger partial charge in [-0.2, -0.15) is 0 Å². The molecule has 3 atom stereocenters. The Morgan fingerprint density at radius 3 is 1.74 bits per heavy atom. The maximum atomic E-state index is 3.59. The van der Waals surface area contributed by atoms with Crippen LogP contribution >= 0.6 is 0 Å². The van der Waals surface area contributed by atoms with Gasteiger partial charge in [0.2, 0.25) is 0 Å². The van der Waals surface area contributed by atoms with Crippen LogP contribution < -0.4 is 16.0 Å². The molecule has 0 aromatic rings. The first-order chi connectivity index (χ1) is 13.3. The third kappa shape index (κ3) is 6.65. The Morgan fingerprint density at radius 1 is 0.630 bits per heavy atom. The van der Waals surface area contributed by atoms with E-state index in [-0.39, 0.29) is 0 Å². The zero-order chi connectivity index (χ0) is 18.9. The molecule has 4 rings (SSSR count). The average molecular weight is 381 g/mol. The number of likely N-dealkylation sites (tertiary alicyclic amines) is 1. The Balaban J connectivity index is 0.000000156. The van der Waals surface area contributed by atoms with Crippen LogP contribution in [-0.2, 0) is 0 Å². The van der Waals surface area contributed by atoms with Gasteiger partial charge in [0.05, 0.1) is 6.17 Å². The van der Waals surface area contributed by atoms with Crippen LogP contribution in [0.1, 0.15) is 46.0 Å². The summed E-state index contributed by atoms with van der Waals surface area (Å²) in [5, 5.41) is 10.4. The van der Waals surface area contributed by atoms with Crippen molar-refractivity contribution in [3.8, 4) is 0 Å². The van der Waals surface area contributed by atoms with Crippen molar-refractivity contribution in [1.29, 1.82) is 0 Å². The van der Waals surface area contributed by atoms with Gasteiger partial charge in [0, 0.05) is 64.4 Å². The van der Waals surface area contributed by atoms with Gasteiger partial charge in [-0.15, -0.1) is 0 Å². The Bertz CT molecular complexity index is 364. The molecule has 0 aromatic heterocycles. The number of hydrogen-bond acceptors (Lipinski definition) is 6. The van der Waals surface area contributed by atoms with Gasteiger partial charge in [-0.1, -0.05) is 6.42 Å². The van der Waals surface area contributed by atoms with Crippen molar-refractivity contribution in [2.24, 2.45) is 0 Å². The van der Waals surface area contributed by atoms with Gasteiger partial charge in [0.1, 0.15) is 0 Å². The number of hydrogen-bond donors (Lipinski definition) is 3. The van der Waals surface area contributed by atoms with E-state index in [9.17, 15) is 0 Å². The highest BCUT2D eigenvalue weighted by Crippen LogP contribution is 2.15. The smallest absolute Gasteiger partial charge is 0.0594 e. The molecular formula is C21H44N6. The number of piperazine rings is 2. The standard InChI is InChI=1S/C11H23N3.C10H21N3/c1-11(13-7-3-2-4-8-13)14-9-5-12-6-10-14;1-9(10-3-2-4-12-10)13-7-5-11-6-8-13/h11-12H,2-10H2,1H3;9-12H,2-8H2,1H3. The van der Waals surface area contributed by atoms with E-state index in [2.05, 4.69) is 44.5 Å². The average Bonchev–Trinajstić information content (AvgIpc) is 3.30. The van der Waals surface area contributed by atoms with Crippen LogP contribution in [0.4, 0.5) is 0 Å². The van der Waals surface area contributed by atoms with Gasteiger partial charge in [0.15, 0.2) is 0 Å². The first-order valence-electron chi connectivity index (χ1n) is 11.6. The summed E-state index contributed by atoms with van der Waals surface area (Å²) in [4.78, 5) is 7.87. The number of nitrogens with zero attached hydrogens (tertiary/aromatic N) is 3. The van der Waals surface area contributed by atoms with E-state index in [1.165, 1.54) is 77.9 Å². The Labute approximate surface area is 167 Å². The predicted octanol–water partition coefficient (Wildman–Crippen LogP) is 0.756.